The van der Waals surface area contributed by atoms with Gasteiger partial charge in [0, 0.05) is 12.8 Å². The molecule has 0 bridgehead atoms. The van der Waals surface area contributed by atoms with Crippen LogP contribution in [-0.4, -0.2) is 36.4 Å². The zero-order valence-electron chi connectivity index (χ0n) is 57.0. The van der Waals surface area contributed by atoms with E-state index in [0.29, 0.717) is 12.8 Å². The Balaban J connectivity index is 3.34. The second-order valence-corrected chi connectivity index (χ2v) is 26.8. The van der Waals surface area contributed by atoms with Crippen LogP contribution in [0.1, 0.15) is 457 Å². The standard InChI is InChI=1S/C78H152O5/c1-3-5-7-9-11-13-15-17-19-21-23-25-27-29-31-33-35-37-38-39-40-41-43-45-47-49-51-53-55-57-59-61-63-65-67-69-71-73-78(81)83-76(74-79)75-82-77(80)72-70-68-66-64-62-60-58-56-54-52-50-48-46-44-42-36-34-32-30-28-26-24-22-20-18-16-14-12-10-8-6-4-2/h21,23,76,79H,3-20,22,24-75H2,1-2H3/b23-21-. The first-order chi connectivity index (χ1) is 41.1. The fourth-order valence-corrected chi connectivity index (χ4v) is 12.5. The van der Waals surface area contributed by atoms with E-state index in [-0.39, 0.29) is 25.2 Å². The van der Waals surface area contributed by atoms with Crippen LogP contribution in [0.4, 0.5) is 0 Å². The number of allylic oxidation sites excluding steroid dienone is 2. The lowest BCUT2D eigenvalue weighted by Crippen LogP contribution is -2.28. The Morgan fingerprint density at radius 2 is 0.446 bits per heavy atom. The normalized spacial score (nSPS) is 12.1. The number of carbonyl (C=O) groups excluding carboxylic acids is 2. The lowest BCUT2D eigenvalue weighted by atomic mass is 10.0. The van der Waals surface area contributed by atoms with E-state index in [1.54, 1.807) is 0 Å². The fraction of sp³-hybridized carbons (Fsp3) is 0.949. The van der Waals surface area contributed by atoms with E-state index in [0.717, 1.165) is 32.1 Å². The van der Waals surface area contributed by atoms with Gasteiger partial charge in [0.15, 0.2) is 6.10 Å². The van der Waals surface area contributed by atoms with E-state index < -0.39 is 6.10 Å². The number of aliphatic hydroxyl groups is 1. The smallest absolute Gasteiger partial charge is 0.306 e. The van der Waals surface area contributed by atoms with Crippen LogP contribution in [0.5, 0.6) is 0 Å². The summed E-state index contributed by atoms with van der Waals surface area (Å²) in [5.74, 6) is -0.558. The van der Waals surface area contributed by atoms with Gasteiger partial charge in [-0.3, -0.25) is 9.59 Å². The van der Waals surface area contributed by atoms with Gasteiger partial charge in [-0.15, -0.1) is 0 Å². The lowest BCUT2D eigenvalue weighted by Gasteiger charge is -2.15. The van der Waals surface area contributed by atoms with Crippen molar-refractivity contribution in [3.8, 4) is 0 Å². The summed E-state index contributed by atoms with van der Waals surface area (Å²) in [6.07, 6.45) is 97.3. The minimum Gasteiger partial charge on any atom is -0.462 e. The van der Waals surface area contributed by atoms with Crippen LogP contribution in [-0.2, 0) is 19.1 Å². The van der Waals surface area contributed by atoms with Gasteiger partial charge in [-0.05, 0) is 38.5 Å². The lowest BCUT2D eigenvalue weighted by molar-refractivity contribution is -0.161. The first-order valence-electron chi connectivity index (χ1n) is 38.7. The summed E-state index contributed by atoms with van der Waals surface area (Å²) in [4.78, 5) is 24.7. The van der Waals surface area contributed by atoms with E-state index >= 15 is 0 Å². The maximum atomic E-state index is 12.4. The molecule has 1 N–H and O–H groups in total. The molecule has 0 aliphatic rings. The number of rotatable bonds is 74. The summed E-state index contributed by atoms with van der Waals surface area (Å²) >= 11 is 0. The van der Waals surface area contributed by atoms with E-state index in [4.69, 9.17) is 9.47 Å². The molecule has 0 spiro atoms. The summed E-state index contributed by atoms with van der Waals surface area (Å²) < 4.78 is 10.8. The molecule has 0 aromatic rings. The number of esters is 2. The van der Waals surface area contributed by atoms with Crippen molar-refractivity contribution in [1.29, 1.82) is 0 Å². The average molecular weight is 1170 g/mol. The summed E-state index contributed by atoms with van der Waals surface area (Å²) in [7, 11) is 0. The number of unbranched alkanes of at least 4 members (excludes halogenated alkanes) is 64. The van der Waals surface area contributed by atoms with Crippen LogP contribution in [0.15, 0.2) is 12.2 Å². The molecule has 0 aromatic carbocycles. The highest BCUT2D eigenvalue weighted by Gasteiger charge is 2.16. The van der Waals surface area contributed by atoms with Crippen LogP contribution >= 0.6 is 0 Å². The summed E-state index contributed by atoms with van der Waals surface area (Å²) in [5.41, 5.74) is 0. The van der Waals surface area contributed by atoms with Gasteiger partial charge >= 0.3 is 11.9 Å². The third-order valence-electron chi connectivity index (χ3n) is 18.3. The number of ether oxygens (including phenoxy) is 2. The van der Waals surface area contributed by atoms with Gasteiger partial charge in [-0.1, -0.05) is 418 Å². The van der Waals surface area contributed by atoms with E-state index in [2.05, 4.69) is 26.0 Å². The van der Waals surface area contributed by atoms with Crippen LogP contribution in [0.25, 0.3) is 0 Å². The van der Waals surface area contributed by atoms with Crippen molar-refractivity contribution in [2.45, 2.75) is 463 Å². The largest absolute Gasteiger partial charge is 0.462 e. The van der Waals surface area contributed by atoms with Crippen molar-refractivity contribution in [2.24, 2.45) is 0 Å². The Morgan fingerprint density at radius 3 is 0.651 bits per heavy atom. The van der Waals surface area contributed by atoms with E-state index in [1.807, 2.05) is 0 Å². The van der Waals surface area contributed by atoms with Gasteiger partial charge in [0.1, 0.15) is 6.61 Å². The van der Waals surface area contributed by atoms with Crippen molar-refractivity contribution < 1.29 is 24.2 Å². The first-order valence-corrected chi connectivity index (χ1v) is 38.7. The van der Waals surface area contributed by atoms with Gasteiger partial charge in [-0.25, -0.2) is 0 Å². The highest BCUT2D eigenvalue weighted by atomic mass is 16.6. The first kappa shape index (κ1) is 81.6. The van der Waals surface area contributed by atoms with Gasteiger partial charge in [0.2, 0.25) is 0 Å². The zero-order valence-corrected chi connectivity index (χ0v) is 57.0. The Labute approximate surface area is 521 Å². The highest BCUT2D eigenvalue weighted by molar-refractivity contribution is 5.70. The zero-order chi connectivity index (χ0) is 59.8. The molecule has 0 radical (unpaired) electrons. The molecule has 0 saturated heterocycles. The Kier molecular flexibility index (Phi) is 73.7. The molecule has 0 heterocycles. The highest BCUT2D eigenvalue weighted by Crippen LogP contribution is 2.20. The number of aliphatic hydroxyl groups excluding tert-OH is 1. The van der Waals surface area contributed by atoms with Gasteiger partial charge in [0.05, 0.1) is 6.61 Å². The maximum absolute atomic E-state index is 12.4. The molecule has 0 rings (SSSR count). The molecule has 0 amide bonds. The van der Waals surface area contributed by atoms with Crippen molar-refractivity contribution >= 4 is 11.9 Å². The molecule has 0 aliphatic heterocycles. The maximum Gasteiger partial charge on any atom is 0.306 e. The topological polar surface area (TPSA) is 72.8 Å². The second kappa shape index (κ2) is 74.9. The fourth-order valence-electron chi connectivity index (χ4n) is 12.5. The molecule has 1 atom stereocenters. The SMILES string of the molecule is CCCCCCCCCC/C=C\CCCCCCCCCCCCCCCCCCCCCCCCCCCC(=O)OC(CO)COC(=O)CCCCCCCCCCCCCCCCCCCCCCCCCCCCCCCCCC. The second-order valence-electron chi connectivity index (χ2n) is 26.8. The van der Waals surface area contributed by atoms with Crippen molar-refractivity contribution in [1.82, 2.24) is 0 Å². The molecular formula is C78H152O5. The summed E-state index contributed by atoms with van der Waals surface area (Å²) in [6, 6.07) is 0. The number of hydrogen-bond donors (Lipinski definition) is 1. The van der Waals surface area contributed by atoms with Gasteiger partial charge in [-0.2, -0.15) is 0 Å². The van der Waals surface area contributed by atoms with Crippen LogP contribution in [0, 0.1) is 0 Å². The average Bonchev–Trinajstić information content (AvgIpc) is 3.49. The van der Waals surface area contributed by atoms with Crippen LogP contribution in [0.3, 0.4) is 0 Å². The molecule has 5 nitrogen and oxygen atoms in total. The predicted octanol–water partition coefficient (Wildman–Crippen LogP) is 26.9. The Bertz CT molecular complexity index is 1230. The molecule has 83 heavy (non-hydrogen) atoms. The third kappa shape index (κ3) is 73.0. The minimum atomic E-state index is -0.767. The monoisotopic (exact) mass is 1170 g/mol. The van der Waals surface area contributed by atoms with Crippen LogP contribution in [0.2, 0.25) is 0 Å². The summed E-state index contributed by atoms with van der Waals surface area (Å²) in [5, 5.41) is 9.72. The van der Waals surface area contributed by atoms with Crippen molar-refractivity contribution in [2.75, 3.05) is 13.2 Å². The third-order valence-corrected chi connectivity index (χ3v) is 18.3. The number of carbonyl (C=O) groups is 2. The number of hydrogen-bond acceptors (Lipinski definition) is 5. The molecule has 0 fully saturated rings. The molecule has 0 aromatic heterocycles. The quantitative estimate of drug-likeness (QED) is 0.0373. The van der Waals surface area contributed by atoms with E-state index in [9.17, 15) is 14.7 Å². The molecule has 5 heteroatoms. The molecule has 494 valence electrons. The Morgan fingerprint density at radius 1 is 0.265 bits per heavy atom. The van der Waals surface area contributed by atoms with Gasteiger partial charge in [0.25, 0.3) is 0 Å². The molecular weight excluding hydrogens is 1020 g/mol. The van der Waals surface area contributed by atoms with Crippen molar-refractivity contribution in [3.63, 3.8) is 0 Å². The van der Waals surface area contributed by atoms with E-state index in [1.165, 1.54) is 398 Å². The molecule has 1 unspecified atom stereocenters. The molecule has 0 aliphatic carbocycles. The van der Waals surface area contributed by atoms with Crippen molar-refractivity contribution in [3.05, 3.63) is 12.2 Å². The van der Waals surface area contributed by atoms with Crippen LogP contribution < -0.4 is 0 Å². The summed E-state index contributed by atoms with van der Waals surface area (Å²) in [6.45, 7) is 4.22. The predicted molar refractivity (Wildman–Crippen MR) is 367 cm³/mol. The Hall–Kier alpha value is -1.36. The molecule has 0 saturated carbocycles. The van der Waals surface area contributed by atoms with Gasteiger partial charge < -0.3 is 14.6 Å². The minimum absolute atomic E-state index is 0.0561.